The first-order chi connectivity index (χ1) is 12.0. The summed E-state index contributed by atoms with van der Waals surface area (Å²) < 4.78 is 39.1. The third-order valence-electron chi connectivity index (χ3n) is 3.92. The number of pyridine rings is 1. The number of carbonyl (C=O) groups is 1. The zero-order chi connectivity index (χ0) is 17.6. The highest BCUT2D eigenvalue weighted by Gasteiger charge is 2.21. The number of carboxylic acids is 1. The van der Waals surface area contributed by atoms with Crippen LogP contribution in [0.3, 0.4) is 0 Å². The van der Waals surface area contributed by atoms with E-state index in [4.69, 9.17) is 9.47 Å². The molecule has 0 unspecified atom stereocenters. The number of aromatic carboxylic acids is 1. The molecule has 3 aromatic rings. The summed E-state index contributed by atoms with van der Waals surface area (Å²) in [6.45, 7) is 0.707. The smallest absolute Gasteiger partial charge is 0.336 e. The molecule has 0 radical (unpaired) electrons. The van der Waals surface area contributed by atoms with Crippen molar-refractivity contribution < 1.29 is 28.2 Å². The van der Waals surface area contributed by atoms with E-state index in [9.17, 15) is 18.7 Å². The Morgan fingerprint density at radius 1 is 1.04 bits per heavy atom. The molecule has 4 rings (SSSR count). The summed E-state index contributed by atoms with van der Waals surface area (Å²) in [6.07, 6.45) is 0. The molecular weight excluding hydrogens is 332 g/mol. The Morgan fingerprint density at radius 2 is 1.68 bits per heavy atom. The van der Waals surface area contributed by atoms with Crippen LogP contribution in [0.1, 0.15) is 10.4 Å². The van der Waals surface area contributed by atoms with Gasteiger partial charge < -0.3 is 14.6 Å². The highest BCUT2D eigenvalue weighted by atomic mass is 19.1. The highest BCUT2D eigenvalue weighted by Crippen LogP contribution is 2.37. The first kappa shape index (κ1) is 15.3. The van der Waals surface area contributed by atoms with E-state index in [0.717, 1.165) is 18.2 Å². The first-order valence-corrected chi connectivity index (χ1v) is 7.46. The van der Waals surface area contributed by atoms with E-state index in [1.165, 1.54) is 18.2 Å². The van der Waals surface area contributed by atoms with Gasteiger partial charge in [-0.15, -0.1) is 0 Å². The van der Waals surface area contributed by atoms with Crippen molar-refractivity contribution in [3.63, 3.8) is 0 Å². The fraction of sp³-hybridized carbons (Fsp3) is 0.111. The van der Waals surface area contributed by atoms with Crippen molar-refractivity contribution in [2.24, 2.45) is 0 Å². The monoisotopic (exact) mass is 343 g/mol. The fourth-order valence-electron chi connectivity index (χ4n) is 2.81. The molecule has 25 heavy (non-hydrogen) atoms. The molecule has 2 heterocycles. The Morgan fingerprint density at radius 3 is 2.32 bits per heavy atom. The maximum absolute atomic E-state index is 14.1. The number of hydrogen-bond donors (Lipinski definition) is 1. The summed E-state index contributed by atoms with van der Waals surface area (Å²) in [7, 11) is 0. The van der Waals surface area contributed by atoms with Crippen molar-refractivity contribution in [3.05, 3.63) is 53.6 Å². The predicted molar refractivity (Wildman–Crippen MR) is 85.0 cm³/mol. The van der Waals surface area contributed by atoms with Crippen LogP contribution < -0.4 is 9.47 Å². The van der Waals surface area contributed by atoms with Crippen molar-refractivity contribution >= 4 is 16.9 Å². The molecule has 126 valence electrons. The summed E-state index contributed by atoms with van der Waals surface area (Å²) in [6, 6.07) is 7.60. The van der Waals surface area contributed by atoms with Gasteiger partial charge in [-0.3, -0.25) is 0 Å². The van der Waals surface area contributed by atoms with Gasteiger partial charge in [0.25, 0.3) is 0 Å². The van der Waals surface area contributed by atoms with Gasteiger partial charge in [0.1, 0.15) is 24.8 Å². The molecule has 1 aliphatic rings. The van der Waals surface area contributed by atoms with E-state index in [1.807, 2.05) is 0 Å². The molecule has 0 fully saturated rings. The number of halogens is 2. The van der Waals surface area contributed by atoms with Crippen LogP contribution in [0.4, 0.5) is 8.78 Å². The molecule has 0 spiro atoms. The lowest BCUT2D eigenvalue weighted by atomic mass is 10.0. The van der Waals surface area contributed by atoms with Gasteiger partial charge in [0.2, 0.25) is 0 Å². The molecule has 0 bridgehead atoms. The normalized spacial score (nSPS) is 13.0. The topological polar surface area (TPSA) is 68.7 Å². The molecule has 2 aromatic carbocycles. The SMILES string of the molecule is O=C(O)c1cc(-c2c(F)cccc2F)nc2cc3c(cc12)OCCO3. The van der Waals surface area contributed by atoms with E-state index in [2.05, 4.69) is 4.98 Å². The minimum absolute atomic E-state index is 0.0998. The van der Waals surface area contributed by atoms with E-state index >= 15 is 0 Å². The summed E-state index contributed by atoms with van der Waals surface area (Å²) in [4.78, 5) is 15.9. The number of nitrogens with zero attached hydrogens (tertiary/aromatic N) is 1. The number of hydrogen-bond acceptors (Lipinski definition) is 4. The lowest BCUT2D eigenvalue weighted by Gasteiger charge is -2.19. The molecule has 1 N–H and O–H groups in total. The molecule has 1 aromatic heterocycles. The Balaban J connectivity index is 2.03. The van der Waals surface area contributed by atoms with Crippen LogP contribution in [0, 0.1) is 11.6 Å². The van der Waals surface area contributed by atoms with Crippen LogP contribution in [0.25, 0.3) is 22.2 Å². The van der Waals surface area contributed by atoms with E-state index in [1.54, 1.807) is 0 Å². The van der Waals surface area contributed by atoms with Crippen LogP contribution in [-0.4, -0.2) is 29.3 Å². The molecule has 0 atom stereocenters. The van der Waals surface area contributed by atoms with Crippen molar-refractivity contribution in [1.29, 1.82) is 0 Å². The molecule has 0 amide bonds. The second-order valence-electron chi connectivity index (χ2n) is 5.47. The lowest BCUT2D eigenvalue weighted by Crippen LogP contribution is -2.15. The molecule has 0 saturated carbocycles. The van der Waals surface area contributed by atoms with Gasteiger partial charge in [-0.05, 0) is 24.3 Å². The quantitative estimate of drug-likeness (QED) is 0.769. The van der Waals surface area contributed by atoms with Gasteiger partial charge in [-0.1, -0.05) is 6.07 Å². The molecule has 5 nitrogen and oxygen atoms in total. The van der Waals surface area contributed by atoms with Gasteiger partial charge in [-0.25, -0.2) is 18.6 Å². The Labute approximate surface area is 140 Å². The average Bonchev–Trinajstić information content (AvgIpc) is 2.59. The summed E-state index contributed by atoms with van der Waals surface area (Å²) in [5.41, 5.74) is -0.347. The van der Waals surface area contributed by atoms with Gasteiger partial charge in [0.15, 0.2) is 11.5 Å². The Hall–Kier alpha value is -3.22. The van der Waals surface area contributed by atoms with Crippen molar-refractivity contribution in [3.8, 4) is 22.8 Å². The molecular formula is C18H11F2NO4. The van der Waals surface area contributed by atoms with Crippen LogP contribution in [0.2, 0.25) is 0 Å². The minimum atomic E-state index is -1.23. The van der Waals surface area contributed by atoms with Gasteiger partial charge in [0, 0.05) is 11.5 Å². The third-order valence-corrected chi connectivity index (χ3v) is 3.92. The number of fused-ring (bicyclic) bond motifs is 2. The first-order valence-electron chi connectivity index (χ1n) is 7.46. The van der Waals surface area contributed by atoms with Crippen LogP contribution >= 0.6 is 0 Å². The summed E-state index contributed by atoms with van der Waals surface area (Å²) >= 11 is 0. The largest absolute Gasteiger partial charge is 0.486 e. The van der Waals surface area contributed by atoms with Crippen molar-refractivity contribution in [2.45, 2.75) is 0 Å². The fourth-order valence-corrected chi connectivity index (χ4v) is 2.81. The Kier molecular flexibility index (Phi) is 3.49. The van der Waals surface area contributed by atoms with Crippen molar-refractivity contribution in [1.82, 2.24) is 4.98 Å². The standard InChI is InChI=1S/C18H11F2NO4/c19-11-2-1-3-12(20)17(11)14-6-10(18(22)23)9-7-15-16(8-13(9)21-14)25-5-4-24-15/h1-3,6-8H,4-5H2,(H,22,23). The minimum Gasteiger partial charge on any atom is -0.486 e. The van der Waals surface area contributed by atoms with E-state index < -0.39 is 17.6 Å². The number of aromatic nitrogens is 1. The molecule has 7 heteroatoms. The zero-order valence-corrected chi connectivity index (χ0v) is 12.8. The summed E-state index contributed by atoms with van der Waals surface area (Å²) in [5, 5.41) is 9.81. The molecule has 0 aliphatic carbocycles. The Bertz CT molecular complexity index is 999. The lowest BCUT2D eigenvalue weighted by molar-refractivity contribution is 0.0699. The van der Waals surface area contributed by atoms with Crippen LogP contribution in [0.5, 0.6) is 11.5 Å². The van der Waals surface area contributed by atoms with E-state index in [0.29, 0.717) is 30.1 Å². The van der Waals surface area contributed by atoms with Gasteiger partial charge in [0.05, 0.1) is 22.3 Å². The molecule has 1 aliphatic heterocycles. The number of rotatable bonds is 2. The summed E-state index contributed by atoms with van der Waals surface area (Å²) in [5.74, 6) is -2.05. The highest BCUT2D eigenvalue weighted by molar-refractivity contribution is 6.04. The number of benzene rings is 2. The maximum Gasteiger partial charge on any atom is 0.336 e. The second kappa shape index (κ2) is 5.70. The maximum atomic E-state index is 14.1. The second-order valence-corrected chi connectivity index (χ2v) is 5.47. The number of carboxylic acid groups (broad SMARTS) is 1. The molecule has 0 saturated heterocycles. The van der Waals surface area contributed by atoms with Crippen LogP contribution in [0.15, 0.2) is 36.4 Å². The van der Waals surface area contributed by atoms with Gasteiger partial charge >= 0.3 is 5.97 Å². The van der Waals surface area contributed by atoms with Crippen molar-refractivity contribution in [2.75, 3.05) is 13.2 Å². The van der Waals surface area contributed by atoms with E-state index in [-0.39, 0.29) is 22.3 Å². The zero-order valence-electron chi connectivity index (χ0n) is 12.8. The predicted octanol–water partition coefficient (Wildman–Crippen LogP) is 3.65. The van der Waals surface area contributed by atoms with Crippen LogP contribution in [-0.2, 0) is 0 Å². The average molecular weight is 343 g/mol. The van der Waals surface area contributed by atoms with Gasteiger partial charge in [-0.2, -0.15) is 0 Å². The third kappa shape index (κ3) is 2.53. The number of ether oxygens (including phenoxy) is 2.